The Hall–Kier alpha value is -5.49. The molecule has 1 atom stereocenters. The number of nitriles is 2. The van der Waals surface area contributed by atoms with Crippen molar-refractivity contribution in [3.8, 4) is 17.8 Å². The zero-order valence-corrected chi connectivity index (χ0v) is 20.0. The van der Waals surface area contributed by atoms with Crippen LogP contribution in [0.4, 0.5) is 22.1 Å². The summed E-state index contributed by atoms with van der Waals surface area (Å²) in [7, 11) is 0. The highest BCUT2D eigenvalue weighted by Crippen LogP contribution is 2.25. The second-order valence-electron chi connectivity index (χ2n) is 7.92. The van der Waals surface area contributed by atoms with Gasteiger partial charge in [0, 0.05) is 12.2 Å². The third-order valence-electron chi connectivity index (χ3n) is 5.47. The van der Waals surface area contributed by atoms with Crippen LogP contribution in [0.1, 0.15) is 36.8 Å². The number of benzene rings is 2. The number of nitrogens with two attached hydrogens (primary N) is 1. The minimum atomic E-state index is -0.649. The number of amides is 2. The normalized spacial score (nSPS) is 11.2. The molecule has 0 saturated carbocycles. The molecule has 0 bridgehead atoms. The summed E-state index contributed by atoms with van der Waals surface area (Å²) in [6, 6.07) is 14.5. The number of carbonyl (C=O) groups excluding carboxylic acids is 1. The molecule has 0 spiro atoms. The van der Waals surface area contributed by atoms with Crippen LogP contribution in [0.2, 0.25) is 0 Å². The van der Waals surface area contributed by atoms with Gasteiger partial charge in [-0.1, -0.05) is 12.1 Å². The van der Waals surface area contributed by atoms with E-state index in [2.05, 4.69) is 25.9 Å². The van der Waals surface area contributed by atoms with Crippen LogP contribution in [0.25, 0.3) is 16.6 Å². The largest absolute Gasteiger partial charge is 0.382 e. The Bertz CT molecular complexity index is 1650. The third-order valence-corrected chi connectivity index (χ3v) is 5.47. The van der Waals surface area contributed by atoms with Crippen molar-refractivity contribution < 1.29 is 4.79 Å². The van der Waals surface area contributed by atoms with Gasteiger partial charge in [0.1, 0.15) is 41.5 Å². The fraction of sp³-hybridized carbons (Fsp3) is 0.160. The molecule has 37 heavy (non-hydrogen) atoms. The van der Waals surface area contributed by atoms with E-state index in [4.69, 9.17) is 10.7 Å². The lowest BCUT2D eigenvalue weighted by atomic mass is 10.1. The van der Waals surface area contributed by atoms with E-state index in [1.807, 2.05) is 12.1 Å². The minimum Gasteiger partial charge on any atom is -0.382 e. The number of fused-ring (bicyclic) bond motifs is 1. The number of aromatic nitrogens is 4. The smallest absolute Gasteiger partial charge is 0.319 e. The van der Waals surface area contributed by atoms with E-state index in [0.717, 1.165) is 0 Å². The Kier molecular flexibility index (Phi) is 6.93. The average molecular weight is 495 g/mol. The van der Waals surface area contributed by atoms with Crippen molar-refractivity contribution in [3.63, 3.8) is 0 Å². The first kappa shape index (κ1) is 24.6. The number of nitrogen functional groups attached to an aromatic ring is 1. The number of hydrogen-bond acceptors (Lipinski definition) is 9. The lowest BCUT2D eigenvalue weighted by Gasteiger charge is -2.21. The molecular formula is C25H22N10O2. The van der Waals surface area contributed by atoms with Crippen LogP contribution in [0, 0.1) is 22.7 Å². The van der Waals surface area contributed by atoms with Crippen LogP contribution >= 0.6 is 0 Å². The number of rotatable bonds is 6. The number of nitrogens with zero attached hydrogens (tertiary/aromatic N) is 6. The molecule has 0 fully saturated rings. The van der Waals surface area contributed by atoms with E-state index in [9.17, 15) is 20.1 Å². The predicted octanol–water partition coefficient (Wildman–Crippen LogP) is 2.82. The molecule has 0 saturated heterocycles. The van der Waals surface area contributed by atoms with Gasteiger partial charge in [0.05, 0.1) is 28.2 Å². The Balaban J connectivity index is 1.91. The highest BCUT2D eigenvalue weighted by Gasteiger charge is 2.22. The highest BCUT2D eigenvalue weighted by molar-refractivity contribution is 5.89. The number of hydrogen-bond donors (Lipinski definition) is 4. The molecular weight excluding hydrogens is 472 g/mol. The molecule has 0 aliphatic rings. The maximum absolute atomic E-state index is 13.8. The van der Waals surface area contributed by atoms with Gasteiger partial charge in [0.2, 0.25) is 0 Å². The van der Waals surface area contributed by atoms with Crippen molar-refractivity contribution in [3.05, 3.63) is 76.1 Å². The summed E-state index contributed by atoms with van der Waals surface area (Å²) in [5.74, 6) is 0.475. The van der Waals surface area contributed by atoms with E-state index in [-0.39, 0.29) is 34.0 Å². The molecule has 2 aromatic heterocycles. The number of carbonyl (C=O) groups is 1. The fourth-order valence-corrected chi connectivity index (χ4v) is 3.83. The van der Waals surface area contributed by atoms with Crippen molar-refractivity contribution in [2.45, 2.75) is 19.9 Å². The monoisotopic (exact) mass is 494 g/mol. The van der Waals surface area contributed by atoms with Crippen LogP contribution in [-0.2, 0) is 0 Å². The predicted molar refractivity (Wildman–Crippen MR) is 138 cm³/mol. The van der Waals surface area contributed by atoms with Gasteiger partial charge in [-0.2, -0.15) is 10.5 Å². The Morgan fingerprint density at radius 2 is 1.95 bits per heavy atom. The summed E-state index contributed by atoms with van der Waals surface area (Å²) < 4.78 is 1.36. The first-order chi connectivity index (χ1) is 17.9. The van der Waals surface area contributed by atoms with Crippen molar-refractivity contribution in [2.24, 2.45) is 0 Å². The second kappa shape index (κ2) is 10.4. The van der Waals surface area contributed by atoms with E-state index < -0.39 is 17.6 Å². The number of anilines is 3. The summed E-state index contributed by atoms with van der Waals surface area (Å²) in [4.78, 5) is 38.6. The van der Waals surface area contributed by atoms with Crippen molar-refractivity contribution in [1.82, 2.24) is 24.8 Å². The molecule has 184 valence electrons. The zero-order chi connectivity index (χ0) is 26.5. The first-order valence-corrected chi connectivity index (χ1v) is 11.3. The molecule has 12 heteroatoms. The van der Waals surface area contributed by atoms with Crippen LogP contribution in [0.5, 0.6) is 0 Å². The van der Waals surface area contributed by atoms with Gasteiger partial charge in [-0.15, -0.1) is 0 Å². The van der Waals surface area contributed by atoms with Crippen LogP contribution in [0.15, 0.2) is 53.6 Å². The summed E-state index contributed by atoms with van der Waals surface area (Å²) in [6.45, 7) is 3.99. The van der Waals surface area contributed by atoms with Crippen molar-refractivity contribution in [1.29, 1.82) is 10.5 Å². The van der Waals surface area contributed by atoms with Crippen LogP contribution < -0.4 is 27.2 Å². The second-order valence-corrected chi connectivity index (χ2v) is 7.92. The lowest BCUT2D eigenvalue weighted by Crippen LogP contribution is -2.29. The Morgan fingerprint density at radius 3 is 2.68 bits per heavy atom. The molecule has 4 rings (SSSR count). The van der Waals surface area contributed by atoms with Crippen molar-refractivity contribution >= 4 is 34.3 Å². The Labute approximate surface area is 211 Å². The molecule has 4 aromatic rings. The van der Waals surface area contributed by atoms with Gasteiger partial charge in [-0.25, -0.2) is 19.7 Å². The standard InChI is InChI=1S/C25H22N10O2/c1-3-29-25(37)33-16-7-5-8-17(10-16)35-23(14(2)32-22-18(12-27)21(28)30-13-31-22)34-19-9-4-6-15(11-26)20(19)24(35)36/h4-10,13-14H,3H2,1-2H3,(H2,29,33,37)(H3,28,30,31,32). The molecule has 0 aliphatic carbocycles. The van der Waals surface area contributed by atoms with E-state index in [1.54, 1.807) is 56.3 Å². The summed E-state index contributed by atoms with van der Waals surface area (Å²) in [5, 5.41) is 27.8. The summed E-state index contributed by atoms with van der Waals surface area (Å²) in [6.07, 6.45) is 1.22. The quantitative estimate of drug-likeness (QED) is 0.312. The first-order valence-electron chi connectivity index (χ1n) is 11.3. The molecule has 2 aromatic carbocycles. The maximum Gasteiger partial charge on any atom is 0.319 e. The number of urea groups is 1. The van der Waals surface area contributed by atoms with Crippen LogP contribution in [0.3, 0.4) is 0 Å². The molecule has 1 unspecified atom stereocenters. The zero-order valence-electron chi connectivity index (χ0n) is 20.0. The summed E-state index contributed by atoms with van der Waals surface area (Å²) >= 11 is 0. The fourth-order valence-electron chi connectivity index (χ4n) is 3.83. The van der Waals surface area contributed by atoms with Gasteiger partial charge in [0.25, 0.3) is 5.56 Å². The minimum absolute atomic E-state index is 0.0128. The Morgan fingerprint density at radius 1 is 1.16 bits per heavy atom. The average Bonchev–Trinajstić information content (AvgIpc) is 2.88. The van der Waals surface area contributed by atoms with Gasteiger partial charge in [-0.05, 0) is 44.2 Å². The van der Waals surface area contributed by atoms with Crippen molar-refractivity contribution in [2.75, 3.05) is 22.9 Å². The number of nitrogens with one attached hydrogen (secondary N) is 3. The molecule has 2 heterocycles. The van der Waals surface area contributed by atoms with E-state index in [1.165, 1.54) is 10.9 Å². The van der Waals surface area contributed by atoms with Gasteiger partial charge >= 0.3 is 6.03 Å². The van der Waals surface area contributed by atoms with Gasteiger partial charge < -0.3 is 21.7 Å². The third kappa shape index (κ3) is 4.85. The molecule has 0 radical (unpaired) electrons. The van der Waals surface area contributed by atoms with E-state index >= 15 is 0 Å². The van der Waals surface area contributed by atoms with Gasteiger partial charge in [0.15, 0.2) is 0 Å². The van der Waals surface area contributed by atoms with E-state index in [0.29, 0.717) is 23.4 Å². The maximum atomic E-state index is 13.8. The highest BCUT2D eigenvalue weighted by atomic mass is 16.2. The molecule has 5 N–H and O–H groups in total. The summed E-state index contributed by atoms with van der Waals surface area (Å²) in [5.41, 5.74) is 6.79. The lowest BCUT2D eigenvalue weighted by molar-refractivity contribution is 0.252. The molecule has 12 nitrogen and oxygen atoms in total. The van der Waals surface area contributed by atoms with Crippen LogP contribution in [-0.4, -0.2) is 32.1 Å². The topological polar surface area (TPSA) is 187 Å². The SMILES string of the molecule is CCNC(=O)Nc1cccc(-n2c(C(C)Nc3ncnc(N)c3C#N)nc3cccc(C#N)c3c2=O)c1. The molecule has 0 aliphatic heterocycles. The van der Waals surface area contributed by atoms with Gasteiger partial charge in [-0.3, -0.25) is 9.36 Å². The molecule has 2 amide bonds.